The Labute approximate surface area is 166 Å². The summed E-state index contributed by atoms with van der Waals surface area (Å²) in [6, 6.07) is 10.9. The molecule has 0 aliphatic rings. The van der Waals surface area contributed by atoms with Gasteiger partial charge in [-0.2, -0.15) is 0 Å². The van der Waals surface area contributed by atoms with Crippen LogP contribution in [-0.4, -0.2) is 27.9 Å². The summed E-state index contributed by atoms with van der Waals surface area (Å²) in [5.74, 6) is -1.00. The number of carbonyl (C=O) groups is 1. The van der Waals surface area contributed by atoms with Gasteiger partial charge in [0, 0.05) is 35.8 Å². The summed E-state index contributed by atoms with van der Waals surface area (Å²) in [4.78, 5) is 14.2. The number of amides is 1. The van der Waals surface area contributed by atoms with Gasteiger partial charge in [-0.3, -0.25) is 4.79 Å². The van der Waals surface area contributed by atoms with Crippen molar-refractivity contribution in [3.05, 3.63) is 58.3 Å². The van der Waals surface area contributed by atoms with E-state index in [1.807, 2.05) is 35.7 Å². The molecule has 0 radical (unpaired) electrons. The first-order valence-electron chi connectivity index (χ1n) is 7.98. The van der Waals surface area contributed by atoms with Crippen molar-refractivity contribution in [1.29, 1.82) is 0 Å². The van der Waals surface area contributed by atoms with Gasteiger partial charge in [-0.1, -0.05) is 23.2 Å². The van der Waals surface area contributed by atoms with E-state index in [1.165, 1.54) is 24.3 Å². The zero-order valence-corrected chi connectivity index (χ0v) is 16.8. The monoisotopic (exact) mass is 426 g/mol. The largest absolute Gasteiger partial charge is 0.451 e. The Hall–Kier alpha value is -2.22. The van der Waals surface area contributed by atoms with Crippen molar-refractivity contribution < 1.29 is 17.6 Å². The molecule has 0 saturated carbocycles. The third kappa shape index (κ3) is 4.05. The minimum absolute atomic E-state index is 0.0837. The third-order valence-corrected chi connectivity index (χ3v) is 6.10. The lowest BCUT2D eigenvalue weighted by Crippen LogP contribution is -2.30. The first kappa shape index (κ1) is 19.5. The highest BCUT2D eigenvalue weighted by Gasteiger charge is 2.24. The molecule has 1 aromatic heterocycles. The molecule has 3 rings (SSSR count). The smallest absolute Gasteiger partial charge is 0.300 e. The zero-order chi connectivity index (χ0) is 19.8. The number of furan rings is 1. The Balaban J connectivity index is 1.89. The molecule has 2 aromatic carbocycles. The molecule has 1 N–H and O–H groups in total. The number of carbonyl (C=O) groups excluding carboxylic acids is 1. The summed E-state index contributed by atoms with van der Waals surface area (Å²) in [6.45, 7) is 2.82. The lowest BCUT2D eigenvalue weighted by Gasteiger charge is -2.15. The van der Waals surface area contributed by atoms with Crippen molar-refractivity contribution in [2.24, 2.45) is 0 Å². The Morgan fingerprint density at radius 3 is 2.56 bits per heavy atom. The standard InChI is InChI=1S/C18H16Cl2N2O4S/c1-3-22(2)13-6-4-11-8-16(26-15(11)10-13)18(23)21-27(24,25)17-7-5-12(19)9-14(17)20/h4-10H,3H2,1-2H3,(H,21,23). The fourth-order valence-corrected chi connectivity index (χ4v) is 4.20. The van der Waals surface area contributed by atoms with Crippen molar-refractivity contribution in [2.75, 3.05) is 18.5 Å². The van der Waals surface area contributed by atoms with Crippen LogP contribution in [0.3, 0.4) is 0 Å². The van der Waals surface area contributed by atoms with Crippen LogP contribution in [0.1, 0.15) is 17.5 Å². The number of sulfonamides is 1. The van der Waals surface area contributed by atoms with Crippen LogP contribution in [-0.2, 0) is 10.0 Å². The van der Waals surface area contributed by atoms with Crippen LogP contribution in [0.5, 0.6) is 0 Å². The molecule has 0 fully saturated rings. The maximum absolute atomic E-state index is 12.4. The Morgan fingerprint density at radius 2 is 1.89 bits per heavy atom. The van der Waals surface area contributed by atoms with Gasteiger partial charge in [-0.25, -0.2) is 13.1 Å². The van der Waals surface area contributed by atoms with Crippen molar-refractivity contribution >= 4 is 55.8 Å². The van der Waals surface area contributed by atoms with Gasteiger partial charge in [0.2, 0.25) is 0 Å². The van der Waals surface area contributed by atoms with E-state index < -0.39 is 15.9 Å². The summed E-state index contributed by atoms with van der Waals surface area (Å²) in [5.41, 5.74) is 1.41. The number of hydrogen-bond donors (Lipinski definition) is 1. The predicted molar refractivity (Wildman–Crippen MR) is 106 cm³/mol. The van der Waals surface area contributed by atoms with Gasteiger partial charge < -0.3 is 9.32 Å². The molecule has 3 aromatic rings. The lowest BCUT2D eigenvalue weighted by atomic mass is 10.2. The minimum atomic E-state index is -4.18. The highest BCUT2D eigenvalue weighted by atomic mass is 35.5. The zero-order valence-electron chi connectivity index (χ0n) is 14.5. The average molecular weight is 427 g/mol. The van der Waals surface area contributed by atoms with E-state index >= 15 is 0 Å². The van der Waals surface area contributed by atoms with Gasteiger partial charge in [0.25, 0.3) is 10.0 Å². The predicted octanol–water partition coefficient (Wildman–Crippen LogP) is 4.31. The normalized spacial score (nSPS) is 11.6. The van der Waals surface area contributed by atoms with Crippen LogP contribution in [0.4, 0.5) is 5.69 Å². The molecule has 0 atom stereocenters. The Morgan fingerprint density at radius 1 is 1.15 bits per heavy atom. The number of anilines is 1. The summed E-state index contributed by atoms with van der Waals surface area (Å²) >= 11 is 11.7. The number of halogens is 2. The maximum atomic E-state index is 12.4. The molecule has 0 unspecified atom stereocenters. The molecule has 9 heteroatoms. The third-order valence-electron chi connectivity index (χ3n) is 4.05. The second kappa shape index (κ2) is 7.42. The number of nitrogens with zero attached hydrogens (tertiary/aromatic N) is 1. The number of nitrogens with one attached hydrogen (secondary N) is 1. The van der Waals surface area contributed by atoms with E-state index in [9.17, 15) is 13.2 Å². The van der Waals surface area contributed by atoms with Gasteiger partial charge in [0.05, 0.1) is 5.02 Å². The SMILES string of the molecule is CCN(C)c1ccc2cc(C(=O)NS(=O)(=O)c3ccc(Cl)cc3Cl)oc2c1. The fourth-order valence-electron chi connectivity index (χ4n) is 2.47. The molecule has 142 valence electrons. The topological polar surface area (TPSA) is 79.6 Å². The highest BCUT2D eigenvalue weighted by molar-refractivity contribution is 7.90. The first-order valence-corrected chi connectivity index (χ1v) is 10.2. The molecule has 0 aliphatic carbocycles. The summed E-state index contributed by atoms with van der Waals surface area (Å²) in [7, 11) is -2.25. The van der Waals surface area contributed by atoms with Crippen LogP contribution in [0.25, 0.3) is 11.0 Å². The van der Waals surface area contributed by atoms with E-state index in [1.54, 1.807) is 6.07 Å². The average Bonchev–Trinajstić information content (AvgIpc) is 3.03. The van der Waals surface area contributed by atoms with Gasteiger partial charge in [-0.05, 0) is 43.3 Å². The summed E-state index contributed by atoms with van der Waals surface area (Å²) < 4.78 is 32.4. The van der Waals surface area contributed by atoms with Crippen LogP contribution in [0.2, 0.25) is 10.0 Å². The molecule has 1 heterocycles. The van der Waals surface area contributed by atoms with Gasteiger partial charge in [0.15, 0.2) is 5.76 Å². The minimum Gasteiger partial charge on any atom is -0.451 e. The molecule has 0 aliphatic heterocycles. The first-order chi connectivity index (χ1) is 12.7. The van der Waals surface area contributed by atoms with E-state index in [0.29, 0.717) is 11.0 Å². The van der Waals surface area contributed by atoms with Crippen molar-refractivity contribution in [2.45, 2.75) is 11.8 Å². The number of rotatable bonds is 5. The molecule has 0 bridgehead atoms. The molecular weight excluding hydrogens is 411 g/mol. The molecular formula is C18H16Cl2N2O4S. The van der Waals surface area contributed by atoms with Gasteiger partial charge in [-0.15, -0.1) is 0 Å². The van der Waals surface area contributed by atoms with Crippen molar-refractivity contribution in [3.8, 4) is 0 Å². The van der Waals surface area contributed by atoms with E-state index in [4.69, 9.17) is 27.6 Å². The van der Waals surface area contributed by atoms with Gasteiger partial charge in [0.1, 0.15) is 10.5 Å². The van der Waals surface area contributed by atoms with Crippen LogP contribution >= 0.6 is 23.2 Å². The lowest BCUT2D eigenvalue weighted by molar-refractivity contribution is 0.0956. The number of benzene rings is 2. The Kier molecular flexibility index (Phi) is 5.37. The van der Waals surface area contributed by atoms with Crippen molar-refractivity contribution in [1.82, 2.24) is 4.72 Å². The highest BCUT2D eigenvalue weighted by Crippen LogP contribution is 2.27. The summed E-state index contributed by atoms with van der Waals surface area (Å²) in [5, 5.41) is 0.894. The molecule has 6 nitrogen and oxygen atoms in total. The maximum Gasteiger partial charge on any atom is 0.300 e. The molecule has 0 spiro atoms. The molecule has 27 heavy (non-hydrogen) atoms. The second-order valence-electron chi connectivity index (χ2n) is 5.86. The fraction of sp³-hybridized carbons (Fsp3) is 0.167. The van der Waals surface area contributed by atoms with Crippen LogP contribution in [0.15, 0.2) is 51.8 Å². The van der Waals surface area contributed by atoms with Crippen LogP contribution < -0.4 is 9.62 Å². The van der Waals surface area contributed by atoms with Crippen LogP contribution in [0, 0.1) is 0 Å². The number of fused-ring (bicyclic) bond motifs is 1. The molecule has 1 amide bonds. The van der Waals surface area contributed by atoms with Gasteiger partial charge >= 0.3 is 5.91 Å². The van der Waals surface area contributed by atoms with Crippen molar-refractivity contribution in [3.63, 3.8) is 0 Å². The summed E-state index contributed by atoms with van der Waals surface area (Å²) in [6.07, 6.45) is 0. The van der Waals surface area contributed by atoms with E-state index in [-0.39, 0.29) is 20.7 Å². The van der Waals surface area contributed by atoms with E-state index in [2.05, 4.69) is 0 Å². The number of hydrogen-bond acceptors (Lipinski definition) is 5. The molecule has 0 saturated heterocycles. The quantitative estimate of drug-likeness (QED) is 0.656. The Bertz CT molecular complexity index is 1130. The van der Waals surface area contributed by atoms with E-state index in [0.717, 1.165) is 12.2 Å². The second-order valence-corrected chi connectivity index (χ2v) is 8.35.